The zero-order valence-electron chi connectivity index (χ0n) is 9.16. The topological polar surface area (TPSA) is 42.9 Å². The third-order valence-corrected chi connectivity index (χ3v) is 2.03. The fourth-order valence-corrected chi connectivity index (χ4v) is 1.04. The SMILES string of the molecule is CCC(=O)c1cnc(C(C)(C)C)cn1. The molecule has 0 atom stereocenters. The number of Topliss-reactive ketones (excluding diaryl/α,β-unsaturated/α-hetero) is 1. The molecule has 0 unspecified atom stereocenters. The third kappa shape index (κ3) is 2.37. The summed E-state index contributed by atoms with van der Waals surface area (Å²) in [6.45, 7) is 8.02. The quantitative estimate of drug-likeness (QED) is 0.675. The molecule has 0 aliphatic heterocycles. The van der Waals surface area contributed by atoms with E-state index in [-0.39, 0.29) is 11.2 Å². The number of carbonyl (C=O) groups excluding carboxylic acids is 1. The van der Waals surface area contributed by atoms with Gasteiger partial charge in [0.25, 0.3) is 0 Å². The highest BCUT2D eigenvalue weighted by Gasteiger charge is 2.16. The van der Waals surface area contributed by atoms with Crippen molar-refractivity contribution in [1.29, 1.82) is 0 Å². The Hall–Kier alpha value is -1.25. The number of hydrogen-bond acceptors (Lipinski definition) is 3. The normalized spacial score (nSPS) is 11.4. The van der Waals surface area contributed by atoms with Crippen LogP contribution >= 0.6 is 0 Å². The second kappa shape index (κ2) is 3.86. The monoisotopic (exact) mass is 192 g/mol. The van der Waals surface area contributed by atoms with Crippen LogP contribution in [0.3, 0.4) is 0 Å². The summed E-state index contributed by atoms with van der Waals surface area (Å²) in [5, 5.41) is 0. The van der Waals surface area contributed by atoms with E-state index in [9.17, 15) is 4.79 Å². The van der Waals surface area contributed by atoms with Crippen LogP contribution in [0.4, 0.5) is 0 Å². The number of rotatable bonds is 2. The minimum Gasteiger partial charge on any atom is -0.292 e. The van der Waals surface area contributed by atoms with E-state index >= 15 is 0 Å². The van der Waals surface area contributed by atoms with E-state index < -0.39 is 0 Å². The molecular weight excluding hydrogens is 176 g/mol. The average molecular weight is 192 g/mol. The van der Waals surface area contributed by atoms with E-state index in [0.29, 0.717) is 12.1 Å². The van der Waals surface area contributed by atoms with E-state index in [4.69, 9.17) is 0 Å². The van der Waals surface area contributed by atoms with E-state index in [1.165, 1.54) is 0 Å². The Morgan fingerprint density at radius 1 is 1.29 bits per heavy atom. The summed E-state index contributed by atoms with van der Waals surface area (Å²) in [5.41, 5.74) is 1.35. The maximum Gasteiger partial charge on any atom is 0.182 e. The number of carbonyl (C=O) groups is 1. The second-order valence-corrected chi connectivity index (χ2v) is 4.31. The zero-order chi connectivity index (χ0) is 10.8. The highest BCUT2D eigenvalue weighted by molar-refractivity contribution is 5.93. The van der Waals surface area contributed by atoms with Crippen LogP contribution in [0.5, 0.6) is 0 Å². The Kier molecular flexibility index (Phi) is 2.99. The predicted molar refractivity (Wildman–Crippen MR) is 55.4 cm³/mol. The number of ketones is 1. The maximum atomic E-state index is 11.3. The lowest BCUT2D eigenvalue weighted by Gasteiger charge is -2.16. The van der Waals surface area contributed by atoms with Gasteiger partial charge in [-0.25, -0.2) is 4.98 Å². The molecule has 0 saturated heterocycles. The standard InChI is InChI=1S/C11H16N2O/c1-5-9(14)8-6-13-10(7-12-8)11(2,3)4/h6-7H,5H2,1-4H3. The summed E-state index contributed by atoms with van der Waals surface area (Å²) in [6.07, 6.45) is 3.72. The van der Waals surface area contributed by atoms with E-state index in [1.54, 1.807) is 12.4 Å². The molecule has 0 aliphatic rings. The number of hydrogen-bond donors (Lipinski definition) is 0. The summed E-state index contributed by atoms with van der Waals surface area (Å²) >= 11 is 0. The molecule has 1 heterocycles. The van der Waals surface area contributed by atoms with Crippen LogP contribution in [-0.4, -0.2) is 15.8 Å². The van der Waals surface area contributed by atoms with Gasteiger partial charge >= 0.3 is 0 Å². The molecule has 0 bridgehead atoms. The lowest BCUT2D eigenvalue weighted by atomic mass is 9.93. The molecule has 3 heteroatoms. The van der Waals surface area contributed by atoms with Crippen molar-refractivity contribution in [1.82, 2.24) is 9.97 Å². The lowest BCUT2D eigenvalue weighted by molar-refractivity contribution is 0.0983. The molecule has 14 heavy (non-hydrogen) atoms. The fourth-order valence-electron chi connectivity index (χ4n) is 1.04. The molecule has 1 rings (SSSR count). The summed E-state index contributed by atoms with van der Waals surface area (Å²) in [6, 6.07) is 0. The van der Waals surface area contributed by atoms with Gasteiger partial charge in [0, 0.05) is 18.0 Å². The molecular formula is C11H16N2O. The van der Waals surface area contributed by atoms with Crippen molar-refractivity contribution in [3.8, 4) is 0 Å². The molecule has 0 aromatic carbocycles. The van der Waals surface area contributed by atoms with Gasteiger partial charge in [-0.15, -0.1) is 0 Å². The number of nitrogens with zero attached hydrogens (tertiary/aromatic N) is 2. The van der Waals surface area contributed by atoms with Gasteiger partial charge in [-0.3, -0.25) is 9.78 Å². The first kappa shape index (κ1) is 10.8. The Morgan fingerprint density at radius 3 is 2.29 bits per heavy atom. The van der Waals surface area contributed by atoms with E-state index in [1.807, 2.05) is 6.92 Å². The molecule has 0 aliphatic carbocycles. The van der Waals surface area contributed by atoms with Crippen molar-refractivity contribution in [2.24, 2.45) is 0 Å². The van der Waals surface area contributed by atoms with Crippen molar-refractivity contribution in [2.75, 3.05) is 0 Å². The van der Waals surface area contributed by atoms with Crippen molar-refractivity contribution >= 4 is 5.78 Å². The van der Waals surface area contributed by atoms with Crippen molar-refractivity contribution in [2.45, 2.75) is 39.5 Å². The second-order valence-electron chi connectivity index (χ2n) is 4.31. The van der Waals surface area contributed by atoms with Crippen LogP contribution in [0, 0.1) is 0 Å². The summed E-state index contributed by atoms with van der Waals surface area (Å²) in [7, 11) is 0. The molecule has 76 valence electrons. The fraction of sp³-hybridized carbons (Fsp3) is 0.545. The van der Waals surface area contributed by atoms with Crippen LogP contribution in [-0.2, 0) is 5.41 Å². The molecule has 0 N–H and O–H groups in total. The first-order valence-corrected chi connectivity index (χ1v) is 4.81. The van der Waals surface area contributed by atoms with Crippen LogP contribution in [0.25, 0.3) is 0 Å². The summed E-state index contributed by atoms with van der Waals surface area (Å²) < 4.78 is 0. The first-order valence-electron chi connectivity index (χ1n) is 4.81. The van der Waals surface area contributed by atoms with Gasteiger partial charge in [0.1, 0.15) is 5.69 Å². The summed E-state index contributed by atoms with van der Waals surface area (Å²) in [4.78, 5) is 19.6. The van der Waals surface area contributed by atoms with Gasteiger partial charge in [0.15, 0.2) is 5.78 Å². The van der Waals surface area contributed by atoms with Gasteiger partial charge in [-0.1, -0.05) is 27.7 Å². The molecule has 0 saturated carbocycles. The van der Waals surface area contributed by atoms with Crippen molar-refractivity contribution in [3.05, 3.63) is 23.8 Å². The molecule has 1 aromatic heterocycles. The Labute approximate surface area is 84.6 Å². The molecule has 0 radical (unpaired) electrons. The Bertz CT molecular complexity index is 322. The van der Waals surface area contributed by atoms with Crippen LogP contribution < -0.4 is 0 Å². The smallest absolute Gasteiger partial charge is 0.182 e. The highest BCUT2D eigenvalue weighted by Crippen LogP contribution is 2.18. The molecule has 3 nitrogen and oxygen atoms in total. The lowest BCUT2D eigenvalue weighted by Crippen LogP contribution is -2.15. The molecule has 0 spiro atoms. The zero-order valence-corrected chi connectivity index (χ0v) is 9.16. The van der Waals surface area contributed by atoms with E-state index in [2.05, 4.69) is 30.7 Å². The van der Waals surface area contributed by atoms with E-state index in [0.717, 1.165) is 5.69 Å². The van der Waals surface area contributed by atoms with Gasteiger partial charge in [-0.05, 0) is 0 Å². The Balaban J connectivity index is 2.95. The van der Waals surface area contributed by atoms with Crippen molar-refractivity contribution < 1.29 is 4.79 Å². The molecule has 1 aromatic rings. The minimum atomic E-state index is -0.0131. The minimum absolute atomic E-state index is 0.0131. The van der Waals surface area contributed by atoms with Gasteiger partial charge in [-0.2, -0.15) is 0 Å². The van der Waals surface area contributed by atoms with Crippen LogP contribution in [0.15, 0.2) is 12.4 Å². The maximum absolute atomic E-state index is 11.3. The first-order chi connectivity index (χ1) is 6.45. The van der Waals surface area contributed by atoms with Crippen molar-refractivity contribution in [3.63, 3.8) is 0 Å². The van der Waals surface area contributed by atoms with Crippen LogP contribution in [0.1, 0.15) is 50.3 Å². The van der Waals surface area contributed by atoms with Gasteiger partial charge < -0.3 is 0 Å². The van der Waals surface area contributed by atoms with Gasteiger partial charge in [0.05, 0.1) is 11.9 Å². The van der Waals surface area contributed by atoms with Crippen LogP contribution in [0.2, 0.25) is 0 Å². The largest absolute Gasteiger partial charge is 0.292 e. The third-order valence-electron chi connectivity index (χ3n) is 2.03. The highest BCUT2D eigenvalue weighted by atomic mass is 16.1. The number of aromatic nitrogens is 2. The Morgan fingerprint density at radius 2 is 1.93 bits per heavy atom. The average Bonchev–Trinajstić information content (AvgIpc) is 2.15. The predicted octanol–water partition coefficient (Wildman–Crippen LogP) is 2.37. The summed E-state index contributed by atoms with van der Waals surface area (Å²) in [5.74, 6) is 0.0398. The molecule has 0 fully saturated rings. The van der Waals surface area contributed by atoms with Gasteiger partial charge in [0.2, 0.25) is 0 Å². The molecule has 0 amide bonds.